The van der Waals surface area contributed by atoms with E-state index in [2.05, 4.69) is 0 Å². The van der Waals surface area contributed by atoms with Crippen LogP contribution < -0.4 is 9.64 Å². The van der Waals surface area contributed by atoms with E-state index in [9.17, 15) is 9.90 Å². The largest absolute Gasteiger partial charge is 0.489 e. The smallest absolute Gasteiger partial charge is 0.227 e. The van der Waals surface area contributed by atoms with Gasteiger partial charge in [-0.1, -0.05) is 54.1 Å². The number of aromatic nitrogens is 2. The highest BCUT2D eigenvalue weighted by atomic mass is 35.5. The highest BCUT2D eigenvalue weighted by Gasteiger charge is 2.35. The molecule has 168 valence electrons. The Morgan fingerprint density at radius 2 is 1.76 bits per heavy atom. The van der Waals surface area contributed by atoms with Crippen LogP contribution in [0.5, 0.6) is 5.75 Å². The third kappa shape index (κ3) is 4.45. The van der Waals surface area contributed by atoms with E-state index in [1.54, 1.807) is 12.1 Å². The minimum atomic E-state index is -0.778. The summed E-state index contributed by atoms with van der Waals surface area (Å²) in [7, 11) is 0. The average molecular weight is 462 g/mol. The van der Waals surface area contributed by atoms with E-state index in [1.807, 2.05) is 76.2 Å². The number of amides is 1. The van der Waals surface area contributed by atoms with Crippen LogP contribution in [0.3, 0.4) is 0 Å². The fourth-order valence-corrected chi connectivity index (χ4v) is 4.54. The molecular weight excluding hydrogens is 438 g/mol. The van der Waals surface area contributed by atoms with Gasteiger partial charge >= 0.3 is 0 Å². The molecule has 0 radical (unpaired) electrons. The molecule has 0 saturated carbocycles. The summed E-state index contributed by atoms with van der Waals surface area (Å²) in [5.41, 5.74) is 2.66. The number of carbonyl (C=O) groups excluding carboxylic acids is 1. The lowest BCUT2D eigenvalue weighted by atomic mass is 10.1. The van der Waals surface area contributed by atoms with Crippen LogP contribution in [-0.4, -0.2) is 39.8 Å². The van der Waals surface area contributed by atoms with Gasteiger partial charge in [0.2, 0.25) is 5.91 Å². The molecule has 5 rings (SSSR count). The quantitative estimate of drug-likeness (QED) is 0.435. The molecule has 1 aliphatic rings. The van der Waals surface area contributed by atoms with Crippen molar-refractivity contribution in [1.29, 1.82) is 0 Å². The van der Waals surface area contributed by atoms with E-state index in [1.165, 1.54) is 0 Å². The molecule has 7 heteroatoms. The summed E-state index contributed by atoms with van der Waals surface area (Å²) in [6, 6.07) is 24.7. The van der Waals surface area contributed by atoms with Gasteiger partial charge in [0.25, 0.3) is 0 Å². The molecule has 0 bridgehead atoms. The molecule has 2 heterocycles. The van der Waals surface area contributed by atoms with Gasteiger partial charge in [-0.3, -0.25) is 4.79 Å². The summed E-state index contributed by atoms with van der Waals surface area (Å²) in [4.78, 5) is 19.5. The highest BCUT2D eigenvalue weighted by Crippen LogP contribution is 2.33. The molecular formula is C26H24ClN3O3. The molecule has 4 aromatic rings. The van der Waals surface area contributed by atoms with Crippen LogP contribution in [0.25, 0.3) is 11.0 Å². The normalized spacial score (nSPS) is 17.0. The number of para-hydroxylation sites is 4. The summed E-state index contributed by atoms with van der Waals surface area (Å²) >= 11 is 6.16. The standard InChI is InChI=1S/C26H24ClN3O3/c27-21-10-4-7-13-24(21)33-17-20(31)16-30-23-12-6-5-11-22(23)28-26(30)18-14-25(32)29(15-18)19-8-2-1-3-9-19/h1-13,18,20,31H,14-17H2/t18-,20+/m1/s1. The second-order valence-corrected chi connectivity index (χ2v) is 8.61. The van der Waals surface area contributed by atoms with Gasteiger partial charge in [0.1, 0.15) is 24.3 Å². The summed E-state index contributed by atoms with van der Waals surface area (Å²) in [6.45, 7) is 0.949. The molecule has 0 unspecified atom stereocenters. The molecule has 1 amide bonds. The molecule has 1 aromatic heterocycles. The van der Waals surface area contributed by atoms with Gasteiger partial charge in [0.05, 0.1) is 22.6 Å². The zero-order valence-corrected chi connectivity index (χ0v) is 18.7. The first-order valence-electron chi connectivity index (χ1n) is 11.0. The predicted octanol–water partition coefficient (Wildman–Crippen LogP) is 4.65. The lowest BCUT2D eigenvalue weighted by molar-refractivity contribution is -0.117. The summed E-state index contributed by atoms with van der Waals surface area (Å²) in [5, 5.41) is 11.3. The Morgan fingerprint density at radius 1 is 1.03 bits per heavy atom. The Bertz CT molecular complexity index is 1270. The van der Waals surface area contributed by atoms with Crippen LogP contribution in [0.2, 0.25) is 5.02 Å². The molecule has 0 spiro atoms. The number of fused-ring (bicyclic) bond motifs is 1. The number of anilines is 1. The molecule has 33 heavy (non-hydrogen) atoms. The van der Waals surface area contributed by atoms with Crippen LogP contribution in [0, 0.1) is 0 Å². The van der Waals surface area contributed by atoms with E-state index >= 15 is 0 Å². The van der Waals surface area contributed by atoms with E-state index < -0.39 is 6.10 Å². The van der Waals surface area contributed by atoms with E-state index in [4.69, 9.17) is 21.3 Å². The molecule has 2 atom stereocenters. The fraction of sp³-hybridized carbons (Fsp3) is 0.231. The average Bonchev–Trinajstić information content (AvgIpc) is 3.40. The maximum atomic E-state index is 12.8. The lowest BCUT2D eigenvalue weighted by Crippen LogP contribution is -2.26. The van der Waals surface area contributed by atoms with Gasteiger partial charge in [-0.25, -0.2) is 4.98 Å². The number of rotatable bonds is 7. The number of imidazole rings is 1. The number of hydrogen-bond donors (Lipinski definition) is 1. The number of ether oxygens (including phenoxy) is 1. The van der Waals surface area contributed by atoms with Gasteiger partial charge in [-0.15, -0.1) is 0 Å². The Morgan fingerprint density at radius 3 is 2.58 bits per heavy atom. The summed E-state index contributed by atoms with van der Waals surface area (Å²) < 4.78 is 7.75. The number of hydrogen-bond acceptors (Lipinski definition) is 4. The zero-order valence-electron chi connectivity index (χ0n) is 18.0. The van der Waals surface area contributed by atoms with Crippen molar-refractivity contribution in [3.63, 3.8) is 0 Å². The first-order chi connectivity index (χ1) is 16.1. The first-order valence-corrected chi connectivity index (χ1v) is 11.3. The molecule has 1 N–H and O–H groups in total. The third-order valence-corrected chi connectivity index (χ3v) is 6.22. The van der Waals surface area contributed by atoms with Crippen molar-refractivity contribution in [2.24, 2.45) is 0 Å². The zero-order chi connectivity index (χ0) is 22.8. The number of nitrogens with zero attached hydrogens (tertiary/aromatic N) is 3. The van der Waals surface area contributed by atoms with Crippen LogP contribution in [0.4, 0.5) is 5.69 Å². The molecule has 0 aliphatic carbocycles. The number of aliphatic hydroxyl groups is 1. The van der Waals surface area contributed by atoms with Crippen LogP contribution in [0.15, 0.2) is 78.9 Å². The van der Waals surface area contributed by atoms with Crippen LogP contribution in [-0.2, 0) is 11.3 Å². The van der Waals surface area contributed by atoms with Crippen molar-refractivity contribution in [3.05, 3.63) is 89.7 Å². The van der Waals surface area contributed by atoms with Gasteiger partial charge < -0.3 is 19.3 Å². The van der Waals surface area contributed by atoms with Gasteiger partial charge in [-0.2, -0.15) is 0 Å². The van der Waals surface area contributed by atoms with Crippen molar-refractivity contribution >= 4 is 34.2 Å². The first kappa shape index (κ1) is 21.5. The molecule has 1 fully saturated rings. The second-order valence-electron chi connectivity index (χ2n) is 8.21. The SMILES string of the molecule is O=C1C[C@@H](c2nc3ccccc3n2C[C@H](O)COc2ccccc2Cl)CN1c1ccccc1. The second kappa shape index (κ2) is 9.25. The number of aliphatic hydroxyl groups excluding tert-OH is 1. The number of carbonyl (C=O) groups is 1. The molecule has 3 aromatic carbocycles. The Kier molecular flexibility index (Phi) is 6.03. The van der Waals surface area contributed by atoms with Gasteiger partial charge in [0, 0.05) is 24.6 Å². The van der Waals surface area contributed by atoms with Gasteiger partial charge in [-0.05, 0) is 36.4 Å². The van der Waals surface area contributed by atoms with E-state index in [-0.39, 0.29) is 18.4 Å². The lowest BCUT2D eigenvalue weighted by Gasteiger charge is -2.19. The van der Waals surface area contributed by atoms with Crippen molar-refractivity contribution in [2.45, 2.75) is 25.0 Å². The van der Waals surface area contributed by atoms with Crippen LogP contribution >= 0.6 is 11.6 Å². The molecule has 6 nitrogen and oxygen atoms in total. The number of halogens is 1. The Balaban J connectivity index is 1.39. The van der Waals surface area contributed by atoms with E-state index in [0.717, 1.165) is 22.5 Å². The van der Waals surface area contributed by atoms with Crippen molar-refractivity contribution in [1.82, 2.24) is 9.55 Å². The van der Waals surface area contributed by atoms with Gasteiger partial charge in [0.15, 0.2) is 0 Å². The minimum absolute atomic E-state index is 0.0678. The minimum Gasteiger partial charge on any atom is -0.489 e. The maximum absolute atomic E-state index is 12.8. The highest BCUT2D eigenvalue weighted by molar-refractivity contribution is 6.32. The van der Waals surface area contributed by atoms with Crippen molar-refractivity contribution in [3.8, 4) is 5.75 Å². The Hall–Kier alpha value is -3.35. The third-order valence-electron chi connectivity index (χ3n) is 5.90. The number of benzene rings is 3. The maximum Gasteiger partial charge on any atom is 0.227 e. The molecule has 1 saturated heterocycles. The Labute approximate surface area is 197 Å². The van der Waals surface area contributed by atoms with Crippen molar-refractivity contribution < 1.29 is 14.6 Å². The van der Waals surface area contributed by atoms with Crippen LogP contribution in [0.1, 0.15) is 18.2 Å². The summed E-state index contributed by atoms with van der Waals surface area (Å²) in [6.07, 6.45) is -0.398. The molecule has 1 aliphatic heterocycles. The fourth-order valence-electron chi connectivity index (χ4n) is 4.35. The predicted molar refractivity (Wildman–Crippen MR) is 129 cm³/mol. The summed E-state index contributed by atoms with van der Waals surface area (Å²) in [5.74, 6) is 1.35. The topological polar surface area (TPSA) is 67.6 Å². The van der Waals surface area contributed by atoms with E-state index in [0.29, 0.717) is 30.3 Å². The monoisotopic (exact) mass is 461 g/mol. The van der Waals surface area contributed by atoms with Crippen molar-refractivity contribution in [2.75, 3.05) is 18.1 Å².